The SMILES string of the molecule is NC(=O)c1ccc(CNCCOCC(F)(F)F)cc1. The molecule has 1 aromatic carbocycles. The highest BCUT2D eigenvalue weighted by Gasteiger charge is 2.27. The van der Waals surface area contributed by atoms with Crippen LogP contribution in [0.25, 0.3) is 0 Å². The summed E-state index contributed by atoms with van der Waals surface area (Å²) in [5, 5.41) is 2.93. The van der Waals surface area contributed by atoms with E-state index in [0.717, 1.165) is 5.56 Å². The van der Waals surface area contributed by atoms with E-state index in [4.69, 9.17) is 5.73 Å². The molecular formula is C12H15F3N2O2. The van der Waals surface area contributed by atoms with Crippen LogP contribution in [0, 0.1) is 0 Å². The Morgan fingerprint density at radius 1 is 1.26 bits per heavy atom. The number of carbonyl (C=O) groups excluding carboxylic acids is 1. The van der Waals surface area contributed by atoms with Crippen molar-refractivity contribution in [2.75, 3.05) is 19.8 Å². The molecule has 0 aliphatic carbocycles. The molecule has 0 fully saturated rings. The molecule has 0 unspecified atom stereocenters. The zero-order valence-corrected chi connectivity index (χ0v) is 10.2. The molecule has 19 heavy (non-hydrogen) atoms. The third-order valence-electron chi connectivity index (χ3n) is 2.26. The van der Waals surface area contributed by atoms with Gasteiger partial charge in [0.25, 0.3) is 0 Å². The smallest absolute Gasteiger partial charge is 0.371 e. The van der Waals surface area contributed by atoms with Gasteiger partial charge in [0.05, 0.1) is 6.61 Å². The van der Waals surface area contributed by atoms with Crippen LogP contribution < -0.4 is 11.1 Å². The minimum Gasteiger partial charge on any atom is -0.371 e. The lowest BCUT2D eigenvalue weighted by Gasteiger charge is -2.08. The third kappa shape index (κ3) is 6.78. The fourth-order valence-electron chi connectivity index (χ4n) is 1.35. The fourth-order valence-corrected chi connectivity index (χ4v) is 1.35. The van der Waals surface area contributed by atoms with Crippen LogP contribution in [-0.2, 0) is 11.3 Å². The quantitative estimate of drug-likeness (QED) is 0.741. The highest BCUT2D eigenvalue weighted by Crippen LogP contribution is 2.13. The second-order valence-electron chi connectivity index (χ2n) is 3.91. The lowest BCUT2D eigenvalue weighted by atomic mass is 10.1. The Labute approximate surface area is 108 Å². The summed E-state index contributed by atoms with van der Waals surface area (Å²) >= 11 is 0. The molecule has 0 radical (unpaired) electrons. The molecule has 0 bridgehead atoms. The minimum atomic E-state index is -4.29. The summed E-state index contributed by atoms with van der Waals surface area (Å²) in [5.41, 5.74) is 6.41. The van der Waals surface area contributed by atoms with Crippen LogP contribution >= 0.6 is 0 Å². The Morgan fingerprint density at radius 3 is 2.42 bits per heavy atom. The summed E-state index contributed by atoms with van der Waals surface area (Å²) in [5.74, 6) is -0.500. The lowest BCUT2D eigenvalue weighted by molar-refractivity contribution is -0.173. The molecule has 0 atom stereocenters. The molecule has 0 heterocycles. The maximum absolute atomic E-state index is 11.7. The maximum Gasteiger partial charge on any atom is 0.411 e. The lowest BCUT2D eigenvalue weighted by Crippen LogP contribution is -2.23. The predicted molar refractivity (Wildman–Crippen MR) is 63.5 cm³/mol. The topological polar surface area (TPSA) is 64.4 Å². The predicted octanol–water partition coefficient (Wildman–Crippen LogP) is 1.45. The van der Waals surface area contributed by atoms with Gasteiger partial charge in [-0.1, -0.05) is 12.1 Å². The van der Waals surface area contributed by atoms with Crippen molar-refractivity contribution in [3.63, 3.8) is 0 Å². The monoisotopic (exact) mass is 276 g/mol. The molecule has 0 aromatic heterocycles. The van der Waals surface area contributed by atoms with Crippen molar-refractivity contribution < 1.29 is 22.7 Å². The van der Waals surface area contributed by atoms with E-state index in [1.807, 2.05) is 0 Å². The Balaban J connectivity index is 2.17. The molecule has 0 aliphatic rings. The number of nitrogens with two attached hydrogens (primary N) is 1. The van der Waals surface area contributed by atoms with Crippen molar-refractivity contribution >= 4 is 5.91 Å². The summed E-state index contributed by atoms with van der Waals surface area (Å²) in [4.78, 5) is 10.8. The van der Waals surface area contributed by atoms with Crippen LogP contribution in [-0.4, -0.2) is 31.8 Å². The summed E-state index contributed by atoms with van der Waals surface area (Å²) < 4.78 is 39.7. The van der Waals surface area contributed by atoms with Crippen LogP contribution in [0.2, 0.25) is 0 Å². The number of carbonyl (C=O) groups is 1. The van der Waals surface area contributed by atoms with Crippen LogP contribution in [0.4, 0.5) is 13.2 Å². The highest BCUT2D eigenvalue weighted by molar-refractivity contribution is 5.92. The van der Waals surface area contributed by atoms with E-state index < -0.39 is 18.7 Å². The largest absolute Gasteiger partial charge is 0.411 e. The Bertz CT molecular complexity index is 404. The Kier molecular flexibility index (Phi) is 5.78. The number of benzene rings is 1. The number of nitrogens with one attached hydrogen (secondary N) is 1. The Hall–Kier alpha value is -1.60. The zero-order chi connectivity index (χ0) is 14.3. The molecule has 1 aromatic rings. The van der Waals surface area contributed by atoms with Gasteiger partial charge in [0, 0.05) is 18.7 Å². The average Bonchev–Trinajstić information content (AvgIpc) is 2.33. The van der Waals surface area contributed by atoms with Crippen molar-refractivity contribution in [2.45, 2.75) is 12.7 Å². The highest BCUT2D eigenvalue weighted by atomic mass is 19.4. The summed E-state index contributed by atoms with van der Waals surface area (Å²) in [7, 11) is 0. The number of rotatable bonds is 7. The van der Waals surface area contributed by atoms with Gasteiger partial charge in [-0.05, 0) is 17.7 Å². The van der Waals surface area contributed by atoms with E-state index in [1.54, 1.807) is 24.3 Å². The first kappa shape index (κ1) is 15.5. The van der Waals surface area contributed by atoms with E-state index in [9.17, 15) is 18.0 Å². The third-order valence-corrected chi connectivity index (χ3v) is 2.26. The Morgan fingerprint density at radius 2 is 1.89 bits per heavy atom. The first-order chi connectivity index (χ1) is 8.88. The molecular weight excluding hydrogens is 261 g/mol. The van der Waals surface area contributed by atoms with Gasteiger partial charge in [-0.25, -0.2) is 0 Å². The van der Waals surface area contributed by atoms with E-state index in [0.29, 0.717) is 18.7 Å². The van der Waals surface area contributed by atoms with Crippen LogP contribution in [0.15, 0.2) is 24.3 Å². The van der Waals surface area contributed by atoms with Crippen LogP contribution in [0.5, 0.6) is 0 Å². The number of hydrogen-bond acceptors (Lipinski definition) is 3. The zero-order valence-electron chi connectivity index (χ0n) is 10.2. The molecule has 3 N–H and O–H groups in total. The second kappa shape index (κ2) is 7.10. The van der Waals surface area contributed by atoms with Gasteiger partial charge in [0.15, 0.2) is 0 Å². The van der Waals surface area contributed by atoms with Gasteiger partial charge in [-0.2, -0.15) is 13.2 Å². The van der Waals surface area contributed by atoms with Crippen molar-refractivity contribution in [3.05, 3.63) is 35.4 Å². The number of halogens is 3. The van der Waals surface area contributed by atoms with Crippen molar-refractivity contribution in [1.82, 2.24) is 5.32 Å². The normalized spacial score (nSPS) is 11.5. The van der Waals surface area contributed by atoms with Gasteiger partial charge in [-0.3, -0.25) is 4.79 Å². The summed E-state index contributed by atoms with van der Waals surface area (Å²) in [6.45, 7) is -0.455. The molecule has 0 saturated heterocycles. The number of alkyl halides is 3. The molecule has 0 aliphatic heterocycles. The van der Waals surface area contributed by atoms with Gasteiger partial charge >= 0.3 is 6.18 Å². The van der Waals surface area contributed by atoms with Gasteiger partial charge in [0.1, 0.15) is 6.61 Å². The molecule has 1 amide bonds. The molecule has 0 spiro atoms. The number of ether oxygens (including phenoxy) is 1. The van der Waals surface area contributed by atoms with Crippen molar-refractivity contribution in [2.24, 2.45) is 5.73 Å². The number of primary amides is 1. The number of hydrogen-bond donors (Lipinski definition) is 2. The molecule has 1 rings (SSSR count). The first-order valence-electron chi connectivity index (χ1n) is 5.62. The van der Waals surface area contributed by atoms with E-state index in [1.165, 1.54) is 0 Å². The molecule has 106 valence electrons. The van der Waals surface area contributed by atoms with E-state index in [-0.39, 0.29) is 6.61 Å². The van der Waals surface area contributed by atoms with E-state index >= 15 is 0 Å². The summed E-state index contributed by atoms with van der Waals surface area (Å²) in [6, 6.07) is 6.65. The molecule has 4 nitrogen and oxygen atoms in total. The maximum atomic E-state index is 11.7. The molecule has 0 saturated carbocycles. The van der Waals surface area contributed by atoms with Gasteiger partial charge in [0.2, 0.25) is 5.91 Å². The number of amides is 1. The average molecular weight is 276 g/mol. The van der Waals surface area contributed by atoms with E-state index in [2.05, 4.69) is 10.1 Å². The first-order valence-corrected chi connectivity index (χ1v) is 5.62. The fraction of sp³-hybridized carbons (Fsp3) is 0.417. The van der Waals surface area contributed by atoms with Gasteiger partial charge < -0.3 is 15.8 Å². The standard InChI is InChI=1S/C12H15F3N2O2/c13-12(14,15)8-19-6-5-17-7-9-1-3-10(4-2-9)11(16)18/h1-4,17H,5-8H2,(H2,16,18). The summed E-state index contributed by atoms with van der Waals surface area (Å²) in [6.07, 6.45) is -4.29. The van der Waals surface area contributed by atoms with Crippen molar-refractivity contribution in [3.8, 4) is 0 Å². The van der Waals surface area contributed by atoms with Crippen LogP contribution in [0.3, 0.4) is 0 Å². The van der Waals surface area contributed by atoms with Crippen molar-refractivity contribution in [1.29, 1.82) is 0 Å². The molecule has 7 heteroatoms. The van der Waals surface area contributed by atoms with Crippen LogP contribution in [0.1, 0.15) is 15.9 Å². The minimum absolute atomic E-state index is 0.0150. The van der Waals surface area contributed by atoms with Gasteiger partial charge in [-0.15, -0.1) is 0 Å². The second-order valence-corrected chi connectivity index (χ2v) is 3.91.